The van der Waals surface area contributed by atoms with Gasteiger partial charge >= 0.3 is 6.03 Å². The molecule has 0 spiro atoms. The average Bonchev–Trinajstić information content (AvgIpc) is 2.93. The summed E-state index contributed by atoms with van der Waals surface area (Å²) in [6.07, 6.45) is 0.370. The Hall–Kier alpha value is -4.21. The number of rotatable bonds is 8. The van der Waals surface area contributed by atoms with Crippen LogP contribution in [-0.4, -0.2) is 40.4 Å². The van der Waals surface area contributed by atoms with Gasteiger partial charge in [0.05, 0.1) is 12.0 Å². The average molecular weight is 538 g/mol. The number of hydrogen-bond donors (Lipinski definition) is 3. The quantitative estimate of drug-likeness (QED) is 0.265. The van der Waals surface area contributed by atoms with Crippen molar-refractivity contribution in [2.45, 2.75) is 24.3 Å². The number of amides is 3. The van der Waals surface area contributed by atoms with Crippen LogP contribution in [-0.2, 0) is 22.3 Å². The number of carbonyl (C=O) groups excluding carboxylic acids is 2. The molecule has 4 aromatic rings. The van der Waals surface area contributed by atoms with Crippen molar-refractivity contribution >= 4 is 39.5 Å². The predicted octanol–water partition coefficient (Wildman–Crippen LogP) is 5.24. The van der Waals surface area contributed by atoms with Gasteiger partial charge in [-0.1, -0.05) is 66.7 Å². The van der Waals surface area contributed by atoms with E-state index in [-0.39, 0.29) is 8.76 Å². The van der Waals surface area contributed by atoms with Gasteiger partial charge in [-0.25, -0.2) is 9.00 Å². The Labute approximate surface area is 227 Å². The smallest absolute Gasteiger partial charge is 0.312 e. The second-order valence-corrected chi connectivity index (χ2v) is 9.20. The van der Waals surface area contributed by atoms with Crippen molar-refractivity contribution in [2.75, 3.05) is 18.6 Å². The van der Waals surface area contributed by atoms with Gasteiger partial charge < -0.3 is 25.2 Å². The SMILES string of the molecule is CCN(C(=O)C(Cc1ccccc1)NC(N)=O)c1ccc(OC)cc1.O=S(O)c1cccc2ccccc12.[HH].[HH]. The monoisotopic (exact) mass is 537 g/mol. The number of nitrogens with two attached hydrogens (primary N) is 1. The van der Waals surface area contributed by atoms with Crippen LogP contribution in [0.4, 0.5) is 10.5 Å². The van der Waals surface area contributed by atoms with Crippen LogP contribution in [0.1, 0.15) is 15.3 Å². The number of nitrogens with one attached hydrogen (secondary N) is 1. The van der Waals surface area contributed by atoms with E-state index in [4.69, 9.17) is 15.0 Å². The van der Waals surface area contributed by atoms with Crippen LogP contribution in [0.2, 0.25) is 0 Å². The lowest BCUT2D eigenvalue weighted by molar-refractivity contribution is -0.120. The first-order chi connectivity index (χ1) is 18.3. The third-order valence-electron chi connectivity index (χ3n) is 5.80. The van der Waals surface area contributed by atoms with E-state index in [2.05, 4.69) is 5.32 Å². The van der Waals surface area contributed by atoms with Crippen LogP contribution >= 0.6 is 0 Å². The molecule has 202 valence electrons. The molecule has 4 rings (SSSR count). The highest BCUT2D eigenvalue weighted by Gasteiger charge is 2.26. The minimum Gasteiger partial charge on any atom is -0.497 e. The molecule has 0 saturated heterocycles. The summed E-state index contributed by atoms with van der Waals surface area (Å²) in [5.41, 5.74) is 6.94. The van der Waals surface area contributed by atoms with Crippen LogP contribution in [0.25, 0.3) is 10.8 Å². The van der Waals surface area contributed by atoms with Crippen LogP contribution in [0, 0.1) is 0 Å². The number of ether oxygens (including phenoxy) is 1. The number of anilines is 1. The van der Waals surface area contributed by atoms with Crippen molar-refractivity contribution in [3.63, 3.8) is 0 Å². The number of carbonyl (C=O) groups is 2. The van der Waals surface area contributed by atoms with E-state index in [0.29, 0.717) is 23.6 Å². The van der Waals surface area contributed by atoms with E-state index in [1.807, 2.05) is 79.7 Å². The number of hydrogen-bond acceptors (Lipinski definition) is 4. The maximum Gasteiger partial charge on any atom is 0.312 e. The van der Waals surface area contributed by atoms with Gasteiger partial charge in [0.25, 0.3) is 0 Å². The summed E-state index contributed by atoms with van der Waals surface area (Å²) in [5.74, 6) is 0.499. The van der Waals surface area contributed by atoms with Crippen molar-refractivity contribution in [2.24, 2.45) is 5.73 Å². The molecule has 0 aliphatic rings. The molecule has 8 nitrogen and oxygen atoms in total. The molecule has 2 unspecified atom stereocenters. The van der Waals surface area contributed by atoms with Gasteiger partial charge in [-0.15, -0.1) is 0 Å². The summed E-state index contributed by atoms with van der Waals surface area (Å²) in [6.45, 7) is 2.35. The number of nitrogens with zero attached hydrogens (tertiary/aromatic N) is 1. The van der Waals surface area contributed by atoms with Crippen molar-refractivity contribution in [1.29, 1.82) is 0 Å². The first-order valence-electron chi connectivity index (χ1n) is 12.0. The molecule has 4 aromatic carbocycles. The fraction of sp³-hybridized carbons (Fsp3) is 0.172. The van der Waals surface area contributed by atoms with Gasteiger partial charge in [0, 0.05) is 26.9 Å². The van der Waals surface area contributed by atoms with E-state index >= 15 is 0 Å². The molecule has 0 aliphatic carbocycles. The largest absolute Gasteiger partial charge is 0.497 e. The first-order valence-corrected chi connectivity index (χ1v) is 13.1. The van der Waals surface area contributed by atoms with Crippen LogP contribution in [0.5, 0.6) is 5.75 Å². The molecule has 3 amide bonds. The zero-order valence-electron chi connectivity index (χ0n) is 21.2. The Morgan fingerprint density at radius 3 is 2.21 bits per heavy atom. The van der Waals surface area contributed by atoms with Gasteiger partial charge in [-0.2, -0.15) is 0 Å². The zero-order chi connectivity index (χ0) is 27.5. The second-order valence-electron chi connectivity index (χ2n) is 8.26. The third kappa shape index (κ3) is 7.64. The molecule has 0 aromatic heterocycles. The molecular formula is C29H35N3O5S. The van der Waals surface area contributed by atoms with Crippen LogP contribution in [0.3, 0.4) is 0 Å². The molecule has 9 heteroatoms. The minimum atomic E-state index is -1.90. The molecule has 0 saturated carbocycles. The van der Waals surface area contributed by atoms with Gasteiger partial charge in [-0.3, -0.25) is 4.79 Å². The second kappa shape index (κ2) is 13.9. The Morgan fingerprint density at radius 1 is 0.974 bits per heavy atom. The van der Waals surface area contributed by atoms with Crippen LogP contribution in [0.15, 0.2) is 102 Å². The summed E-state index contributed by atoms with van der Waals surface area (Å²) < 4.78 is 25.1. The summed E-state index contributed by atoms with van der Waals surface area (Å²) in [4.78, 5) is 26.4. The number of likely N-dealkylation sites (N-methyl/N-ethyl adjacent to an activating group) is 1. The minimum absolute atomic E-state index is 0. The number of primary amides is 1. The number of methoxy groups -OCH3 is 1. The lowest BCUT2D eigenvalue weighted by Gasteiger charge is -2.27. The van der Waals surface area contributed by atoms with Crippen LogP contribution < -0.4 is 20.7 Å². The van der Waals surface area contributed by atoms with Gasteiger partial charge in [0.2, 0.25) is 5.91 Å². The van der Waals surface area contributed by atoms with Crippen molar-refractivity contribution in [3.8, 4) is 5.75 Å². The van der Waals surface area contributed by atoms with Gasteiger partial charge in [0.15, 0.2) is 11.1 Å². The Morgan fingerprint density at radius 2 is 1.61 bits per heavy atom. The summed E-state index contributed by atoms with van der Waals surface area (Å²) in [5, 5.41) is 4.39. The number of fused-ring (bicyclic) bond motifs is 1. The van der Waals surface area contributed by atoms with E-state index in [1.54, 1.807) is 36.3 Å². The summed E-state index contributed by atoms with van der Waals surface area (Å²) >= 11 is -1.90. The fourth-order valence-corrected chi connectivity index (χ4v) is 4.55. The van der Waals surface area contributed by atoms with Crippen molar-refractivity contribution in [3.05, 3.63) is 103 Å². The predicted molar refractivity (Wildman–Crippen MR) is 155 cm³/mol. The highest BCUT2D eigenvalue weighted by molar-refractivity contribution is 7.79. The van der Waals surface area contributed by atoms with Crippen molar-refractivity contribution < 1.29 is 25.9 Å². The maximum absolute atomic E-state index is 13.0. The van der Waals surface area contributed by atoms with Crippen molar-refractivity contribution in [1.82, 2.24) is 5.32 Å². The first kappa shape index (κ1) is 28.4. The fourth-order valence-electron chi connectivity index (χ4n) is 3.99. The standard InChI is InChI=1S/C19H23N3O3.C10H8O2S.2H2/c1-3-22(15-9-11-16(25-2)12-10-15)18(23)17(21-19(20)24)13-14-7-5-4-6-8-14;11-13(12)10-7-3-5-8-4-1-2-6-9(8)10;;/h4-12,17H,3,13H2,1-2H3,(H3,20,21,24);1-7H,(H,11,12);2*1H. The molecule has 4 N–H and O–H groups in total. The Balaban J connectivity index is 0.000000450. The molecule has 38 heavy (non-hydrogen) atoms. The van der Waals surface area contributed by atoms with E-state index in [0.717, 1.165) is 22.0 Å². The Kier molecular flexibility index (Phi) is 10.4. The molecule has 0 fully saturated rings. The van der Waals surface area contributed by atoms with Gasteiger partial charge in [0.1, 0.15) is 11.8 Å². The highest BCUT2D eigenvalue weighted by atomic mass is 32.2. The molecule has 0 heterocycles. The topological polar surface area (TPSA) is 122 Å². The normalized spacial score (nSPS) is 12.0. The van der Waals surface area contributed by atoms with E-state index in [9.17, 15) is 13.8 Å². The molecule has 0 radical (unpaired) electrons. The lowest BCUT2D eigenvalue weighted by Crippen LogP contribution is -2.51. The zero-order valence-corrected chi connectivity index (χ0v) is 22.1. The summed E-state index contributed by atoms with van der Waals surface area (Å²) in [7, 11) is 1.59. The molecule has 0 aliphatic heterocycles. The molecular weight excluding hydrogens is 502 g/mol. The van der Waals surface area contributed by atoms with Gasteiger partial charge in [-0.05, 0) is 48.2 Å². The van der Waals surface area contributed by atoms with E-state index < -0.39 is 23.2 Å². The number of benzene rings is 4. The van der Waals surface area contributed by atoms with E-state index in [1.165, 1.54) is 0 Å². The molecule has 2 atom stereocenters. The number of urea groups is 1. The maximum atomic E-state index is 13.0. The lowest BCUT2D eigenvalue weighted by atomic mass is 10.0. The molecule has 0 bridgehead atoms. The highest BCUT2D eigenvalue weighted by Crippen LogP contribution is 2.21. The summed E-state index contributed by atoms with van der Waals surface area (Å²) in [6, 6.07) is 28.2. The third-order valence-corrected chi connectivity index (χ3v) is 6.53. The Bertz CT molecular complexity index is 1390.